The molecule has 0 aliphatic heterocycles. The average molecular weight is 190 g/mol. The van der Waals surface area contributed by atoms with E-state index in [2.05, 4.69) is 0 Å². The predicted octanol–water partition coefficient (Wildman–Crippen LogP) is -2.27. The molecule has 0 radical (unpaired) electrons. The second-order valence-electron chi connectivity index (χ2n) is 1.97. The van der Waals surface area contributed by atoms with Crippen LogP contribution in [-0.4, -0.2) is 18.7 Å². The molecule has 0 aliphatic carbocycles. The molecule has 0 unspecified atom stereocenters. The van der Waals surface area contributed by atoms with E-state index < -0.39 is 10.1 Å². The molecule has 0 fully saturated rings. The Hall–Kier alpha value is 1.55. The van der Waals surface area contributed by atoms with Gasteiger partial charge in [0.05, 0.1) is 10.1 Å². The molecule has 0 aromatic carbocycles. The van der Waals surface area contributed by atoms with Gasteiger partial charge in [0.2, 0.25) is 0 Å². The molecule has 0 saturated carbocycles. The van der Waals surface area contributed by atoms with Crippen LogP contribution in [0.2, 0.25) is 0 Å². The average Bonchev–Trinajstić information content (AvgIpc) is 1.63. The van der Waals surface area contributed by atoms with Crippen LogP contribution in [0.1, 0.15) is 26.2 Å². The first-order valence-electron chi connectivity index (χ1n) is 3.00. The molecule has 0 bridgehead atoms. The van der Waals surface area contributed by atoms with Crippen molar-refractivity contribution in [2.45, 2.75) is 26.2 Å². The molecule has 0 amide bonds. The smallest absolute Gasteiger partial charge is 0.748 e. The van der Waals surface area contributed by atoms with Crippen LogP contribution in [0, 0.1) is 0 Å². The maximum Gasteiger partial charge on any atom is 1.00 e. The fourth-order valence-electron chi connectivity index (χ4n) is 0.529. The molecule has 0 aliphatic rings. The molecule has 0 aromatic rings. The van der Waals surface area contributed by atoms with Crippen LogP contribution in [0.5, 0.6) is 0 Å². The van der Waals surface area contributed by atoms with E-state index in [9.17, 15) is 13.0 Å². The van der Waals surface area contributed by atoms with Crippen molar-refractivity contribution in [1.29, 1.82) is 0 Å². The van der Waals surface area contributed by atoms with E-state index in [4.69, 9.17) is 0 Å². The number of hydrogen-bond acceptors (Lipinski definition) is 3. The molecule has 0 N–H and O–H groups in total. The number of unbranched alkanes of at least 4 members (excludes halogenated alkanes) is 2. The summed E-state index contributed by atoms with van der Waals surface area (Å²) in [6.07, 6.45) is 2.26. The van der Waals surface area contributed by atoms with E-state index in [1.54, 1.807) is 0 Å². The van der Waals surface area contributed by atoms with Crippen molar-refractivity contribution in [3.05, 3.63) is 0 Å². The molecular weight excluding hydrogens is 179 g/mol. The topological polar surface area (TPSA) is 57.2 Å². The van der Waals surface area contributed by atoms with Crippen LogP contribution >= 0.6 is 0 Å². The van der Waals surface area contributed by atoms with Gasteiger partial charge in [0.25, 0.3) is 0 Å². The van der Waals surface area contributed by atoms with E-state index in [0.29, 0.717) is 6.42 Å². The summed E-state index contributed by atoms with van der Waals surface area (Å²) in [5.74, 6) is -0.208. The van der Waals surface area contributed by atoms with Crippen molar-refractivity contribution >= 4 is 10.1 Å². The van der Waals surface area contributed by atoms with Crippen LogP contribution in [0.25, 0.3) is 0 Å². The molecular formula is C5H11KO3S. The summed E-state index contributed by atoms with van der Waals surface area (Å²) < 4.78 is 29.9. The minimum Gasteiger partial charge on any atom is -0.748 e. The fraction of sp³-hybridized carbons (Fsp3) is 1.00. The molecule has 10 heavy (non-hydrogen) atoms. The maximum absolute atomic E-state index is 9.95. The largest absolute Gasteiger partial charge is 1.00 e. The van der Waals surface area contributed by atoms with Gasteiger partial charge in [0.15, 0.2) is 0 Å². The molecule has 0 aromatic heterocycles. The summed E-state index contributed by atoms with van der Waals surface area (Å²) in [5, 5.41) is 0. The SMILES string of the molecule is CCCCCS(=O)(=O)[O-].[K+]. The minimum atomic E-state index is -3.95. The van der Waals surface area contributed by atoms with Crippen molar-refractivity contribution in [1.82, 2.24) is 0 Å². The zero-order valence-corrected chi connectivity index (χ0v) is 10.4. The van der Waals surface area contributed by atoms with E-state index in [1.807, 2.05) is 6.92 Å². The van der Waals surface area contributed by atoms with Crippen LogP contribution in [0.15, 0.2) is 0 Å². The molecule has 5 heteroatoms. The van der Waals surface area contributed by atoms with Gasteiger partial charge >= 0.3 is 51.4 Å². The summed E-state index contributed by atoms with van der Waals surface area (Å²) in [5.41, 5.74) is 0. The summed E-state index contributed by atoms with van der Waals surface area (Å²) in [6.45, 7) is 1.96. The van der Waals surface area contributed by atoms with Crippen LogP contribution < -0.4 is 51.4 Å². The Balaban J connectivity index is 0. The van der Waals surface area contributed by atoms with Gasteiger partial charge in [-0.2, -0.15) is 0 Å². The molecule has 3 nitrogen and oxygen atoms in total. The first-order valence-corrected chi connectivity index (χ1v) is 4.57. The standard InChI is InChI=1S/C5H12O3S.K/c1-2-3-4-5-9(6,7)8;/h2-5H2,1H3,(H,6,7,8);/q;+1/p-1. The van der Waals surface area contributed by atoms with Crippen LogP contribution in [-0.2, 0) is 10.1 Å². The van der Waals surface area contributed by atoms with Crippen molar-refractivity contribution in [3.63, 3.8) is 0 Å². The van der Waals surface area contributed by atoms with Crippen molar-refractivity contribution in [2.24, 2.45) is 0 Å². The minimum absolute atomic E-state index is 0. The third kappa shape index (κ3) is 12.2. The van der Waals surface area contributed by atoms with Crippen molar-refractivity contribution < 1.29 is 64.4 Å². The quantitative estimate of drug-likeness (QED) is 0.285. The number of hydrogen-bond donors (Lipinski definition) is 0. The zero-order chi connectivity index (χ0) is 7.33. The summed E-state index contributed by atoms with van der Waals surface area (Å²) >= 11 is 0. The van der Waals surface area contributed by atoms with Gasteiger partial charge in [-0.25, -0.2) is 8.42 Å². The van der Waals surface area contributed by atoms with Crippen molar-refractivity contribution in [2.75, 3.05) is 5.75 Å². The van der Waals surface area contributed by atoms with Gasteiger partial charge < -0.3 is 4.55 Å². The Morgan fingerprint density at radius 1 is 1.30 bits per heavy atom. The number of rotatable bonds is 4. The molecule has 0 saturated heterocycles. The van der Waals surface area contributed by atoms with Gasteiger partial charge in [0.1, 0.15) is 0 Å². The first kappa shape index (κ1) is 14.1. The van der Waals surface area contributed by atoms with E-state index >= 15 is 0 Å². The second-order valence-corrected chi connectivity index (χ2v) is 3.49. The van der Waals surface area contributed by atoms with Crippen LogP contribution in [0.3, 0.4) is 0 Å². The summed E-state index contributed by atoms with van der Waals surface area (Å²) in [7, 11) is -3.95. The zero-order valence-electron chi connectivity index (χ0n) is 6.46. The molecule has 0 atom stereocenters. The third-order valence-corrected chi connectivity index (χ3v) is 1.79. The van der Waals surface area contributed by atoms with Crippen LogP contribution in [0.4, 0.5) is 0 Å². The molecule has 0 heterocycles. The Kier molecular flexibility index (Phi) is 10.2. The Morgan fingerprint density at radius 2 is 1.80 bits per heavy atom. The van der Waals surface area contributed by atoms with Gasteiger partial charge in [0, 0.05) is 5.75 Å². The Morgan fingerprint density at radius 3 is 2.10 bits per heavy atom. The van der Waals surface area contributed by atoms with Crippen molar-refractivity contribution in [3.8, 4) is 0 Å². The van der Waals surface area contributed by atoms with Gasteiger partial charge in [-0.3, -0.25) is 0 Å². The molecule has 0 rings (SSSR count). The Labute approximate surface area is 105 Å². The first-order chi connectivity index (χ1) is 4.06. The van der Waals surface area contributed by atoms with Gasteiger partial charge in [-0.05, 0) is 6.42 Å². The van der Waals surface area contributed by atoms with E-state index in [-0.39, 0.29) is 57.1 Å². The van der Waals surface area contributed by atoms with Gasteiger partial charge in [-0.15, -0.1) is 0 Å². The maximum atomic E-state index is 9.95. The van der Waals surface area contributed by atoms with E-state index in [1.165, 1.54) is 0 Å². The Bertz CT molecular complexity index is 152. The summed E-state index contributed by atoms with van der Waals surface area (Å²) in [6, 6.07) is 0. The fourth-order valence-corrected chi connectivity index (χ4v) is 1.09. The second kappa shape index (κ2) is 7.21. The monoisotopic (exact) mass is 190 g/mol. The molecule has 0 spiro atoms. The summed E-state index contributed by atoms with van der Waals surface area (Å²) in [4.78, 5) is 0. The third-order valence-electron chi connectivity index (χ3n) is 0.998. The molecule has 56 valence electrons. The van der Waals surface area contributed by atoms with Gasteiger partial charge in [-0.1, -0.05) is 19.8 Å². The normalized spacial score (nSPS) is 10.6. The predicted molar refractivity (Wildman–Crippen MR) is 34.1 cm³/mol. The van der Waals surface area contributed by atoms with E-state index in [0.717, 1.165) is 12.8 Å².